The van der Waals surface area contributed by atoms with Gasteiger partial charge in [0.1, 0.15) is 11.6 Å². The van der Waals surface area contributed by atoms with Gasteiger partial charge in [0.25, 0.3) is 0 Å². The maximum absolute atomic E-state index is 11.2. The standard InChI is InChI=1S/C22H30N2O/c1-4-14-24(15-5-2)22-13-12-21(17-23-22)11-8-19-6-9-20(10-7-19)16-18(3)25/h6-7,9-10,12-13,17H,4-5,8,11,14-16H2,1-3H3. The topological polar surface area (TPSA) is 33.2 Å². The van der Waals surface area contributed by atoms with Crippen molar-refractivity contribution in [1.29, 1.82) is 0 Å². The molecule has 134 valence electrons. The van der Waals surface area contributed by atoms with Gasteiger partial charge in [-0.3, -0.25) is 4.79 Å². The van der Waals surface area contributed by atoms with Gasteiger partial charge in [-0.2, -0.15) is 0 Å². The van der Waals surface area contributed by atoms with E-state index in [4.69, 9.17) is 0 Å². The summed E-state index contributed by atoms with van der Waals surface area (Å²) in [6, 6.07) is 12.7. The number of carbonyl (C=O) groups excluding carboxylic acids is 1. The fourth-order valence-electron chi connectivity index (χ4n) is 3.03. The van der Waals surface area contributed by atoms with E-state index in [9.17, 15) is 4.79 Å². The molecule has 1 aromatic heterocycles. The van der Waals surface area contributed by atoms with Crippen molar-refractivity contribution in [3.05, 3.63) is 59.3 Å². The second-order valence-electron chi connectivity index (χ2n) is 6.71. The van der Waals surface area contributed by atoms with Gasteiger partial charge in [0.15, 0.2) is 0 Å². The number of Topliss-reactive ketones (excluding diaryl/α,β-unsaturated/α-hetero) is 1. The van der Waals surface area contributed by atoms with Gasteiger partial charge in [0.05, 0.1) is 0 Å². The molecule has 0 bridgehead atoms. The lowest BCUT2D eigenvalue weighted by molar-refractivity contribution is -0.116. The highest BCUT2D eigenvalue weighted by Crippen LogP contribution is 2.14. The third kappa shape index (κ3) is 6.33. The van der Waals surface area contributed by atoms with Crippen molar-refractivity contribution in [2.24, 2.45) is 0 Å². The lowest BCUT2D eigenvalue weighted by Crippen LogP contribution is -2.25. The first kappa shape index (κ1) is 19.2. The van der Waals surface area contributed by atoms with Crippen LogP contribution in [0.5, 0.6) is 0 Å². The van der Waals surface area contributed by atoms with Crippen LogP contribution in [0, 0.1) is 0 Å². The fraction of sp³-hybridized carbons (Fsp3) is 0.455. The quantitative estimate of drug-likeness (QED) is 0.633. The van der Waals surface area contributed by atoms with Crippen molar-refractivity contribution in [2.45, 2.75) is 52.9 Å². The minimum absolute atomic E-state index is 0.208. The van der Waals surface area contributed by atoms with Gasteiger partial charge < -0.3 is 4.90 Å². The molecule has 0 aliphatic heterocycles. The minimum Gasteiger partial charge on any atom is -0.357 e. The van der Waals surface area contributed by atoms with Crippen molar-refractivity contribution in [1.82, 2.24) is 4.98 Å². The lowest BCUT2D eigenvalue weighted by Gasteiger charge is -2.22. The van der Waals surface area contributed by atoms with E-state index in [1.807, 2.05) is 6.20 Å². The first-order chi connectivity index (χ1) is 12.1. The highest BCUT2D eigenvalue weighted by Gasteiger charge is 2.06. The lowest BCUT2D eigenvalue weighted by atomic mass is 10.0. The predicted molar refractivity (Wildman–Crippen MR) is 105 cm³/mol. The monoisotopic (exact) mass is 338 g/mol. The summed E-state index contributed by atoms with van der Waals surface area (Å²) in [5, 5.41) is 0. The Morgan fingerprint density at radius 3 is 1.96 bits per heavy atom. The number of pyridine rings is 1. The van der Waals surface area contributed by atoms with E-state index in [-0.39, 0.29) is 5.78 Å². The first-order valence-corrected chi connectivity index (χ1v) is 9.39. The van der Waals surface area contributed by atoms with Crippen molar-refractivity contribution in [3.8, 4) is 0 Å². The van der Waals surface area contributed by atoms with Crippen molar-refractivity contribution in [3.63, 3.8) is 0 Å². The number of benzene rings is 1. The molecule has 0 aliphatic carbocycles. The molecule has 0 spiro atoms. The smallest absolute Gasteiger partial charge is 0.134 e. The van der Waals surface area contributed by atoms with E-state index in [0.717, 1.165) is 50.2 Å². The second-order valence-corrected chi connectivity index (χ2v) is 6.71. The normalized spacial score (nSPS) is 10.7. The number of hydrogen-bond donors (Lipinski definition) is 0. The third-order valence-corrected chi connectivity index (χ3v) is 4.30. The van der Waals surface area contributed by atoms with E-state index >= 15 is 0 Å². The summed E-state index contributed by atoms with van der Waals surface area (Å²) in [5.41, 5.74) is 3.66. The maximum atomic E-state index is 11.2. The number of hydrogen-bond acceptors (Lipinski definition) is 3. The molecule has 2 rings (SSSR count). The predicted octanol–water partition coefficient (Wildman–Crippen LogP) is 4.62. The molecule has 0 fully saturated rings. The SMILES string of the molecule is CCCN(CCC)c1ccc(CCc2ccc(CC(C)=O)cc2)cn1. The van der Waals surface area contributed by atoms with Crippen LogP contribution < -0.4 is 4.90 Å². The first-order valence-electron chi connectivity index (χ1n) is 9.39. The van der Waals surface area contributed by atoms with Crippen LogP contribution in [0.1, 0.15) is 50.3 Å². The molecule has 0 saturated carbocycles. The number of aryl methyl sites for hydroxylation is 2. The Morgan fingerprint density at radius 2 is 1.44 bits per heavy atom. The van der Waals surface area contributed by atoms with Crippen LogP contribution in [0.25, 0.3) is 0 Å². The molecule has 1 aromatic carbocycles. The number of aromatic nitrogens is 1. The van der Waals surface area contributed by atoms with E-state index in [2.05, 4.69) is 60.1 Å². The van der Waals surface area contributed by atoms with Crippen LogP contribution in [0.15, 0.2) is 42.6 Å². The van der Waals surface area contributed by atoms with E-state index in [1.165, 1.54) is 11.1 Å². The molecule has 0 N–H and O–H groups in total. The molecule has 0 aliphatic rings. The van der Waals surface area contributed by atoms with Crippen LogP contribution in [0.3, 0.4) is 0 Å². The van der Waals surface area contributed by atoms with Crippen molar-refractivity contribution in [2.75, 3.05) is 18.0 Å². The average molecular weight is 338 g/mol. The number of rotatable bonds is 10. The summed E-state index contributed by atoms with van der Waals surface area (Å²) in [7, 11) is 0. The van der Waals surface area contributed by atoms with Crippen LogP contribution in [0.2, 0.25) is 0 Å². The highest BCUT2D eigenvalue weighted by molar-refractivity contribution is 5.78. The van der Waals surface area contributed by atoms with Crippen molar-refractivity contribution < 1.29 is 4.79 Å². The zero-order chi connectivity index (χ0) is 18.1. The Balaban J connectivity index is 1.91. The molecular weight excluding hydrogens is 308 g/mol. The molecule has 3 heteroatoms. The summed E-state index contributed by atoms with van der Waals surface area (Å²) in [6.07, 6.45) is 6.80. The van der Waals surface area contributed by atoms with E-state index < -0.39 is 0 Å². The molecular formula is C22H30N2O. The molecule has 2 aromatic rings. The van der Waals surface area contributed by atoms with E-state index in [0.29, 0.717) is 6.42 Å². The van der Waals surface area contributed by atoms with Crippen LogP contribution in [0.4, 0.5) is 5.82 Å². The summed E-state index contributed by atoms with van der Waals surface area (Å²) in [6.45, 7) is 8.17. The van der Waals surface area contributed by atoms with Gasteiger partial charge in [0, 0.05) is 25.7 Å². The average Bonchev–Trinajstić information content (AvgIpc) is 2.61. The van der Waals surface area contributed by atoms with Gasteiger partial charge in [-0.1, -0.05) is 44.2 Å². The summed E-state index contributed by atoms with van der Waals surface area (Å²) in [4.78, 5) is 18.2. The van der Waals surface area contributed by atoms with Crippen LogP contribution in [-0.4, -0.2) is 23.9 Å². The molecule has 0 amide bonds. The molecule has 0 unspecified atom stereocenters. The summed E-state index contributed by atoms with van der Waals surface area (Å²) in [5.74, 6) is 1.29. The van der Waals surface area contributed by atoms with Gasteiger partial charge in [-0.05, 0) is 55.4 Å². The second kappa shape index (κ2) is 9.97. The molecule has 0 saturated heterocycles. The Morgan fingerprint density at radius 1 is 0.880 bits per heavy atom. The molecule has 25 heavy (non-hydrogen) atoms. The van der Waals surface area contributed by atoms with Crippen LogP contribution in [-0.2, 0) is 24.1 Å². The van der Waals surface area contributed by atoms with Crippen LogP contribution >= 0.6 is 0 Å². The van der Waals surface area contributed by atoms with Gasteiger partial charge >= 0.3 is 0 Å². The summed E-state index contributed by atoms with van der Waals surface area (Å²) < 4.78 is 0. The zero-order valence-electron chi connectivity index (χ0n) is 15.8. The number of ketones is 1. The van der Waals surface area contributed by atoms with Crippen molar-refractivity contribution >= 4 is 11.6 Å². The maximum Gasteiger partial charge on any atom is 0.134 e. The number of anilines is 1. The Hall–Kier alpha value is -2.16. The minimum atomic E-state index is 0.208. The number of carbonyl (C=O) groups is 1. The van der Waals surface area contributed by atoms with Gasteiger partial charge in [0.2, 0.25) is 0 Å². The largest absolute Gasteiger partial charge is 0.357 e. The zero-order valence-corrected chi connectivity index (χ0v) is 15.8. The van der Waals surface area contributed by atoms with E-state index in [1.54, 1.807) is 6.92 Å². The third-order valence-electron chi connectivity index (χ3n) is 4.30. The molecule has 1 heterocycles. The molecule has 0 radical (unpaired) electrons. The Labute approximate surface area is 152 Å². The Kier molecular flexibility index (Phi) is 7.65. The van der Waals surface area contributed by atoms with Gasteiger partial charge in [-0.25, -0.2) is 4.98 Å². The molecule has 3 nitrogen and oxygen atoms in total. The number of nitrogens with zero attached hydrogens (tertiary/aromatic N) is 2. The fourth-order valence-corrected chi connectivity index (χ4v) is 3.03. The highest BCUT2D eigenvalue weighted by atomic mass is 16.1. The molecule has 0 atom stereocenters. The van der Waals surface area contributed by atoms with Gasteiger partial charge in [-0.15, -0.1) is 0 Å². The summed E-state index contributed by atoms with van der Waals surface area (Å²) >= 11 is 0. The Bertz CT molecular complexity index is 641.